The molecular weight excluding hydrogens is 512 g/mol. The van der Waals surface area contributed by atoms with E-state index >= 15 is 0 Å². The maximum Gasteiger partial charge on any atom is 0.326 e. The normalized spacial score (nSPS) is 11.2. The first-order valence-corrected chi connectivity index (χ1v) is 12.7. The first-order chi connectivity index (χ1) is 19.1. The van der Waals surface area contributed by atoms with Crippen molar-refractivity contribution in [2.75, 3.05) is 29.7 Å². The van der Waals surface area contributed by atoms with Gasteiger partial charge in [-0.25, -0.2) is 4.79 Å². The summed E-state index contributed by atoms with van der Waals surface area (Å²) in [7, 11) is 3.17. The summed E-state index contributed by atoms with van der Waals surface area (Å²) in [5.41, 5.74) is 4.09. The van der Waals surface area contributed by atoms with Gasteiger partial charge in [-0.05, 0) is 60.4 Å². The number of methoxy groups -OCH3 is 1. The minimum atomic E-state index is -0.959. The molecule has 0 aliphatic carbocycles. The third kappa shape index (κ3) is 8.32. The predicted molar refractivity (Wildman–Crippen MR) is 154 cm³/mol. The second kappa shape index (κ2) is 13.8. The lowest BCUT2D eigenvalue weighted by Gasteiger charge is -2.21. The maximum atomic E-state index is 12.9. The van der Waals surface area contributed by atoms with E-state index in [1.807, 2.05) is 31.2 Å². The van der Waals surface area contributed by atoms with Gasteiger partial charge < -0.3 is 25.8 Å². The molecule has 3 rings (SSSR count). The number of rotatable bonds is 11. The fourth-order valence-electron chi connectivity index (χ4n) is 4.26. The Morgan fingerprint density at radius 3 is 2.40 bits per heavy atom. The highest BCUT2D eigenvalue weighted by molar-refractivity contribution is 6.02. The Morgan fingerprint density at radius 1 is 0.975 bits per heavy atom. The van der Waals surface area contributed by atoms with Crippen LogP contribution < -0.4 is 25.6 Å². The van der Waals surface area contributed by atoms with Gasteiger partial charge in [0.15, 0.2) is 0 Å². The van der Waals surface area contributed by atoms with Crippen LogP contribution in [0.4, 0.5) is 21.9 Å². The van der Waals surface area contributed by atoms with E-state index < -0.39 is 12.0 Å². The van der Waals surface area contributed by atoms with E-state index in [-0.39, 0.29) is 37.1 Å². The molecule has 0 radical (unpaired) electrons. The molecule has 210 valence electrons. The topological polar surface area (TPSA) is 137 Å². The van der Waals surface area contributed by atoms with Crippen molar-refractivity contribution in [3.05, 3.63) is 83.4 Å². The van der Waals surface area contributed by atoms with Gasteiger partial charge in [0.2, 0.25) is 11.8 Å². The lowest BCUT2D eigenvalue weighted by Crippen LogP contribution is -2.31. The number of nitrogens with zero attached hydrogens (tertiary/aromatic N) is 1. The fourth-order valence-corrected chi connectivity index (χ4v) is 4.26. The molecule has 1 unspecified atom stereocenters. The number of carboxylic acids is 1. The lowest BCUT2D eigenvalue weighted by molar-refractivity contribution is -0.137. The van der Waals surface area contributed by atoms with E-state index in [0.29, 0.717) is 28.3 Å². The summed E-state index contributed by atoms with van der Waals surface area (Å²) in [6, 6.07) is 18.8. The van der Waals surface area contributed by atoms with E-state index in [9.17, 15) is 19.2 Å². The Labute approximate surface area is 233 Å². The van der Waals surface area contributed by atoms with Crippen LogP contribution in [0.2, 0.25) is 0 Å². The van der Waals surface area contributed by atoms with E-state index in [1.54, 1.807) is 49.5 Å². The molecule has 1 atom stereocenters. The summed E-state index contributed by atoms with van der Waals surface area (Å²) in [5, 5.41) is 17.5. The molecule has 3 aromatic rings. The van der Waals surface area contributed by atoms with Gasteiger partial charge in [0.1, 0.15) is 5.75 Å². The number of hydrogen-bond acceptors (Lipinski definition) is 5. The van der Waals surface area contributed by atoms with Crippen molar-refractivity contribution in [3.63, 3.8) is 0 Å². The number of urea groups is 1. The number of carboxylic acid groups (broad SMARTS) is 1. The number of hydrogen-bond donors (Lipinski definition) is 4. The Kier molecular flexibility index (Phi) is 10.2. The van der Waals surface area contributed by atoms with Gasteiger partial charge >= 0.3 is 12.0 Å². The highest BCUT2D eigenvalue weighted by Crippen LogP contribution is 2.28. The number of aryl methyl sites for hydroxylation is 1. The van der Waals surface area contributed by atoms with Crippen LogP contribution in [0.15, 0.2) is 66.7 Å². The number of carbonyl (C=O) groups excluding carboxylic acids is 3. The summed E-state index contributed by atoms with van der Waals surface area (Å²) in [4.78, 5) is 49.8. The van der Waals surface area contributed by atoms with Crippen molar-refractivity contribution in [2.24, 2.45) is 0 Å². The highest BCUT2D eigenvalue weighted by atomic mass is 16.5. The summed E-state index contributed by atoms with van der Waals surface area (Å²) < 4.78 is 5.47. The van der Waals surface area contributed by atoms with E-state index in [2.05, 4.69) is 16.0 Å². The molecule has 0 saturated carbocycles. The third-order valence-electron chi connectivity index (χ3n) is 6.25. The molecule has 0 fully saturated rings. The summed E-state index contributed by atoms with van der Waals surface area (Å²) >= 11 is 0. The number of anilines is 3. The number of benzene rings is 3. The average molecular weight is 547 g/mol. The van der Waals surface area contributed by atoms with Crippen LogP contribution in [0.1, 0.15) is 42.5 Å². The maximum absolute atomic E-state index is 12.9. The molecule has 0 aromatic heterocycles. The standard InChI is InChI=1S/C30H34N4O6/c1-19-8-5-6-11-26(19)34(3)30(39)33-25-13-12-21(16-27(25)40-4)17-28(36)32-23-10-7-9-22(18-23)24(31-20(2)35)14-15-29(37)38/h5-13,16,18,24H,14-15,17H2,1-4H3,(H,31,35)(H,32,36)(H,33,39)(H,37,38). The molecule has 10 heteroatoms. The van der Waals surface area contributed by atoms with Crippen LogP contribution in [0.3, 0.4) is 0 Å². The summed E-state index contributed by atoms with van der Waals surface area (Å²) in [6.07, 6.45) is 0.157. The first-order valence-electron chi connectivity index (χ1n) is 12.7. The van der Waals surface area contributed by atoms with Crippen molar-refractivity contribution in [1.29, 1.82) is 0 Å². The summed E-state index contributed by atoms with van der Waals surface area (Å²) in [6.45, 7) is 3.30. The first kappa shape index (κ1) is 29.7. The van der Waals surface area contributed by atoms with Gasteiger partial charge in [0, 0.05) is 31.8 Å². The minimum Gasteiger partial charge on any atom is -0.495 e. The zero-order valence-electron chi connectivity index (χ0n) is 23.0. The third-order valence-corrected chi connectivity index (χ3v) is 6.25. The van der Waals surface area contributed by atoms with Crippen LogP contribution >= 0.6 is 0 Å². The molecular formula is C30H34N4O6. The zero-order valence-corrected chi connectivity index (χ0v) is 23.0. The molecule has 0 saturated heterocycles. The van der Waals surface area contributed by atoms with Crippen molar-refractivity contribution >= 4 is 40.9 Å². The monoisotopic (exact) mass is 546 g/mol. The SMILES string of the molecule is COc1cc(CC(=O)Nc2cccc(C(CCC(=O)O)NC(C)=O)c2)ccc1NC(=O)N(C)c1ccccc1C. The predicted octanol–water partition coefficient (Wildman–Crippen LogP) is 4.90. The minimum absolute atomic E-state index is 0.0477. The number of ether oxygens (including phenoxy) is 1. The smallest absolute Gasteiger partial charge is 0.326 e. The van der Waals surface area contributed by atoms with E-state index in [4.69, 9.17) is 9.84 Å². The van der Waals surface area contributed by atoms with Crippen LogP contribution in [-0.2, 0) is 20.8 Å². The zero-order chi connectivity index (χ0) is 29.2. The Balaban J connectivity index is 1.67. The second-order valence-corrected chi connectivity index (χ2v) is 9.35. The van der Waals surface area contributed by atoms with Gasteiger partial charge in [-0.3, -0.25) is 19.3 Å². The molecule has 40 heavy (non-hydrogen) atoms. The van der Waals surface area contributed by atoms with Gasteiger partial charge in [-0.2, -0.15) is 0 Å². The van der Waals surface area contributed by atoms with Gasteiger partial charge in [0.05, 0.1) is 25.3 Å². The van der Waals surface area contributed by atoms with Crippen molar-refractivity contribution in [2.45, 2.75) is 39.2 Å². The second-order valence-electron chi connectivity index (χ2n) is 9.35. The summed E-state index contributed by atoms with van der Waals surface area (Å²) in [5.74, 6) is -1.10. The van der Waals surface area contributed by atoms with Gasteiger partial charge in [-0.15, -0.1) is 0 Å². The number of amides is 4. The molecule has 0 heterocycles. The number of para-hydroxylation sites is 1. The van der Waals surface area contributed by atoms with Crippen LogP contribution in [0, 0.1) is 6.92 Å². The Bertz CT molecular complexity index is 1390. The Morgan fingerprint density at radius 2 is 1.73 bits per heavy atom. The molecule has 0 spiro atoms. The molecule has 3 aromatic carbocycles. The van der Waals surface area contributed by atoms with Crippen molar-refractivity contribution < 1.29 is 29.0 Å². The van der Waals surface area contributed by atoms with Crippen LogP contribution in [0.5, 0.6) is 5.75 Å². The van der Waals surface area contributed by atoms with E-state index in [1.165, 1.54) is 18.9 Å². The van der Waals surface area contributed by atoms with E-state index in [0.717, 1.165) is 11.3 Å². The fraction of sp³-hybridized carbons (Fsp3) is 0.267. The molecule has 4 N–H and O–H groups in total. The number of carbonyl (C=O) groups is 4. The van der Waals surface area contributed by atoms with Crippen molar-refractivity contribution in [3.8, 4) is 5.75 Å². The van der Waals surface area contributed by atoms with Crippen LogP contribution in [-0.4, -0.2) is 43.1 Å². The van der Waals surface area contributed by atoms with Crippen molar-refractivity contribution in [1.82, 2.24) is 5.32 Å². The average Bonchev–Trinajstić information content (AvgIpc) is 2.91. The molecule has 0 aliphatic rings. The molecule has 0 bridgehead atoms. The quantitative estimate of drug-likeness (QED) is 0.270. The van der Waals surface area contributed by atoms with Crippen LogP contribution in [0.25, 0.3) is 0 Å². The lowest BCUT2D eigenvalue weighted by atomic mass is 10.0. The highest BCUT2D eigenvalue weighted by Gasteiger charge is 2.17. The molecule has 10 nitrogen and oxygen atoms in total. The number of nitrogens with one attached hydrogen (secondary N) is 3. The molecule has 0 aliphatic heterocycles. The van der Waals surface area contributed by atoms with Gasteiger partial charge in [0.25, 0.3) is 0 Å². The van der Waals surface area contributed by atoms with Gasteiger partial charge in [-0.1, -0.05) is 36.4 Å². The largest absolute Gasteiger partial charge is 0.495 e. The Hall–Kier alpha value is -4.86. The molecule has 4 amide bonds. The number of aliphatic carboxylic acids is 1.